The monoisotopic (exact) mass is 312 g/mol. The second-order valence-corrected chi connectivity index (χ2v) is 5.09. The molecule has 0 saturated carbocycles. The van der Waals surface area contributed by atoms with Gasteiger partial charge in [-0.1, -0.05) is 24.3 Å². The summed E-state index contributed by atoms with van der Waals surface area (Å²) in [6.07, 6.45) is 4.25. The molecule has 0 aromatic heterocycles. The van der Waals surface area contributed by atoms with Crippen LogP contribution >= 0.6 is 0 Å². The van der Waals surface area contributed by atoms with Crippen molar-refractivity contribution in [2.24, 2.45) is 5.92 Å². The number of carbonyl (C=O) groups excluding carboxylic acids is 1. The number of ether oxygens (including phenoxy) is 1. The van der Waals surface area contributed by atoms with E-state index >= 15 is 0 Å². The molecule has 1 aromatic carbocycles. The minimum absolute atomic E-state index is 0.0282. The number of aryl methyl sites for hydroxylation is 1. The van der Waals surface area contributed by atoms with E-state index in [-0.39, 0.29) is 30.0 Å². The van der Waals surface area contributed by atoms with Gasteiger partial charge in [-0.3, -0.25) is 0 Å². The molecule has 120 valence electrons. The zero-order valence-electron chi connectivity index (χ0n) is 12.1. The van der Waals surface area contributed by atoms with E-state index in [1.54, 1.807) is 25.1 Å². The lowest BCUT2D eigenvalue weighted by Crippen LogP contribution is -2.36. The van der Waals surface area contributed by atoms with E-state index in [0.29, 0.717) is 12.0 Å². The smallest absolute Gasteiger partial charge is 0.387 e. The molecule has 3 N–H and O–H groups in total. The summed E-state index contributed by atoms with van der Waals surface area (Å²) >= 11 is 0. The van der Waals surface area contributed by atoms with Gasteiger partial charge >= 0.3 is 12.6 Å². The molecule has 7 heteroatoms. The quantitative estimate of drug-likeness (QED) is 0.732. The van der Waals surface area contributed by atoms with E-state index in [2.05, 4.69) is 15.4 Å². The summed E-state index contributed by atoms with van der Waals surface area (Å²) < 4.78 is 29.2. The molecule has 0 unspecified atom stereocenters. The van der Waals surface area contributed by atoms with Crippen LogP contribution in [0.1, 0.15) is 12.0 Å². The summed E-state index contributed by atoms with van der Waals surface area (Å²) in [5, 5.41) is 14.3. The van der Waals surface area contributed by atoms with Crippen LogP contribution in [-0.2, 0) is 0 Å². The minimum atomic E-state index is -2.96. The van der Waals surface area contributed by atoms with Gasteiger partial charge in [0.05, 0.1) is 5.69 Å². The van der Waals surface area contributed by atoms with Gasteiger partial charge in [0.25, 0.3) is 0 Å². The lowest BCUT2D eigenvalue weighted by Gasteiger charge is -2.17. The average Bonchev–Trinajstić information content (AvgIpc) is 2.89. The highest BCUT2D eigenvalue weighted by molar-refractivity contribution is 5.92. The summed E-state index contributed by atoms with van der Waals surface area (Å²) in [6, 6.07) is 3.92. The van der Waals surface area contributed by atoms with Crippen LogP contribution in [-0.4, -0.2) is 30.4 Å². The van der Waals surface area contributed by atoms with Gasteiger partial charge in [-0.2, -0.15) is 8.78 Å². The SMILES string of the molecule is Cc1cccc(OC(F)F)c1NC(=O)N[C@@H]1C=C[C@H](CO)C1. The molecule has 1 aliphatic carbocycles. The molecule has 0 radical (unpaired) electrons. The van der Waals surface area contributed by atoms with Crippen LogP contribution in [0.3, 0.4) is 0 Å². The van der Waals surface area contributed by atoms with Crippen molar-refractivity contribution >= 4 is 11.7 Å². The Kier molecular flexibility index (Phi) is 5.32. The summed E-state index contributed by atoms with van der Waals surface area (Å²) in [5.74, 6) is -0.0539. The second kappa shape index (κ2) is 7.22. The predicted molar refractivity (Wildman–Crippen MR) is 78.1 cm³/mol. The van der Waals surface area contributed by atoms with Gasteiger partial charge in [-0.25, -0.2) is 4.79 Å². The molecule has 0 saturated heterocycles. The third-order valence-electron chi connectivity index (χ3n) is 3.41. The van der Waals surface area contributed by atoms with Gasteiger partial charge < -0.3 is 20.5 Å². The van der Waals surface area contributed by atoms with Crippen LogP contribution in [0.25, 0.3) is 0 Å². The molecule has 0 aliphatic heterocycles. The molecular weight excluding hydrogens is 294 g/mol. The van der Waals surface area contributed by atoms with Gasteiger partial charge in [0, 0.05) is 18.6 Å². The van der Waals surface area contributed by atoms with E-state index in [1.807, 2.05) is 6.08 Å². The van der Waals surface area contributed by atoms with Crippen LogP contribution in [0.2, 0.25) is 0 Å². The van der Waals surface area contributed by atoms with Crippen LogP contribution in [0.5, 0.6) is 5.75 Å². The fraction of sp³-hybridized carbons (Fsp3) is 0.400. The number of benzene rings is 1. The number of carbonyl (C=O) groups is 1. The first-order chi connectivity index (χ1) is 10.5. The van der Waals surface area contributed by atoms with E-state index < -0.39 is 12.6 Å². The van der Waals surface area contributed by atoms with Crippen molar-refractivity contribution in [2.75, 3.05) is 11.9 Å². The molecule has 1 aromatic rings. The molecule has 2 rings (SSSR count). The van der Waals surface area contributed by atoms with Crippen molar-refractivity contribution in [3.05, 3.63) is 35.9 Å². The zero-order valence-corrected chi connectivity index (χ0v) is 12.1. The number of halogens is 2. The van der Waals surface area contributed by atoms with Crippen molar-refractivity contribution in [3.8, 4) is 5.75 Å². The van der Waals surface area contributed by atoms with Crippen molar-refractivity contribution in [1.29, 1.82) is 0 Å². The Morgan fingerprint density at radius 2 is 2.23 bits per heavy atom. The van der Waals surface area contributed by atoms with Gasteiger partial charge in [0.15, 0.2) is 0 Å². The standard InChI is InChI=1S/C15H18F2N2O3/c1-9-3-2-4-12(22-14(16)17)13(9)19-15(21)18-11-6-5-10(7-11)8-20/h2-6,10-11,14,20H,7-8H2,1H3,(H2,18,19,21)/t10-,11+/m0/s1. The highest BCUT2D eigenvalue weighted by atomic mass is 19.3. The van der Waals surface area contributed by atoms with Gasteiger partial charge in [-0.15, -0.1) is 0 Å². The molecule has 2 atom stereocenters. The fourth-order valence-corrected chi connectivity index (χ4v) is 2.33. The molecule has 2 amide bonds. The molecular formula is C15H18F2N2O3. The fourth-order valence-electron chi connectivity index (χ4n) is 2.33. The zero-order chi connectivity index (χ0) is 16.1. The molecule has 22 heavy (non-hydrogen) atoms. The average molecular weight is 312 g/mol. The molecule has 0 spiro atoms. The first-order valence-corrected chi connectivity index (χ1v) is 6.90. The number of para-hydroxylation sites is 1. The number of amides is 2. The van der Waals surface area contributed by atoms with Crippen molar-refractivity contribution in [2.45, 2.75) is 26.0 Å². The third-order valence-corrected chi connectivity index (χ3v) is 3.41. The largest absolute Gasteiger partial charge is 0.433 e. The molecule has 1 aliphatic rings. The topological polar surface area (TPSA) is 70.6 Å². The predicted octanol–water partition coefficient (Wildman–Crippen LogP) is 2.65. The highest BCUT2D eigenvalue weighted by Gasteiger charge is 2.21. The maximum absolute atomic E-state index is 12.4. The van der Waals surface area contributed by atoms with Crippen LogP contribution in [0.4, 0.5) is 19.3 Å². The Morgan fingerprint density at radius 1 is 1.45 bits per heavy atom. The number of aliphatic hydroxyl groups is 1. The first kappa shape index (κ1) is 16.2. The van der Waals surface area contributed by atoms with Crippen molar-refractivity contribution in [1.82, 2.24) is 5.32 Å². The van der Waals surface area contributed by atoms with Gasteiger partial charge in [0.1, 0.15) is 5.75 Å². The summed E-state index contributed by atoms with van der Waals surface area (Å²) in [6.45, 7) is -1.25. The van der Waals surface area contributed by atoms with E-state index in [1.165, 1.54) is 6.07 Å². The van der Waals surface area contributed by atoms with E-state index in [9.17, 15) is 13.6 Å². The number of nitrogens with one attached hydrogen (secondary N) is 2. The molecule has 0 heterocycles. The number of anilines is 1. The Hall–Kier alpha value is -2.15. The van der Waals surface area contributed by atoms with Gasteiger partial charge in [-0.05, 0) is 25.0 Å². The van der Waals surface area contributed by atoms with E-state index in [0.717, 1.165) is 0 Å². The minimum Gasteiger partial charge on any atom is -0.433 e. The second-order valence-electron chi connectivity index (χ2n) is 5.09. The number of aliphatic hydroxyl groups excluding tert-OH is 1. The van der Waals surface area contributed by atoms with Crippen LogP contribution in [0.15, 0.2) is 30.4 Å². The number of hydrogen-bond donors (Lipinski definition) is 3. The Morgan fingerprint density at radius 3 is 2.86 bits per heavy atom. The Bertz CT molecular complexity index is 564. The van der Waals surface area contributed by atoms with Gasteiger partial charge in [0.2, 0.25) is 0 Å². The summed E-state index contributed by atoms with van der Waals surface area (Å²) in [7, 11) is 0. The van der Waals surface area contributed by atoms with E-state index in [4.69, 9.17) is 5.11 Å². The third kappa shape index (κ3) is 4.17. The van der Waals surface area contributed by atoms with Crippen molar-refractivity contribution in [3.63, 3.8) is 0 Å². The number of alkyl halides is 2. The molecule has 0 bridgehead atoms. The highest BCUT2D eigenvalue weighted by Crippen LogP contribution is 2.29. The van der Waals surface area contributed by atoms with Crippen LogP contribution < -0.4 is 15.4 Å². The Labute approximate surface area is 127 Å². The summed E-state index contributed by atoms with van der Waals surface area (Å²) in [5.41, 5.74) is 0.824. The normalized spacial score (nSPS) is 20.2. The number of hydrogen-bond acceptors (Lipinski definition) is 3. The molecule has 0 fully saturated rings. The summed E-state index contributed by atoms with van der Waals surface area (Å²) in [4.78, 5) is 12.0. The van der Waals surface area contributed by atoms with Crippen LogP contribution in [0, 0.1) is 12.8 Å². The maximum atomic E-state index is 12.4. The molecule has 5 nitrogen and oxygen atoms in total. The number of rotatable bonds is 5. The lowest BCUT2D eigenvalue weighted by atomic mass is 10.1. The number of urea groups is 1. The first-order valence-electron chi connectivity index (χ1n) is 6.90. The Balaban J connectivity index is 2.01. The maximum Gasteiger partial charge on any atom is 0.387 e. The van der Waals surface area contributed by atoms with Crippen molar-refractivity contribution < 1.29 is 23.4 Å². The lowest BCUT2D eigenvalue weighted by molar-refractivity contribution is -0.0493.